The molecule has 1 heterocycles. The van der Waals surface area contributed by atoms with Crippen molar-refractivity contribution in [3.63, 3.8) is 0 Å². The third kappa shape index (κ3) is 4.72. The molecular weight excluding hydrogens is 314 g/mol. The standard InChI is InChI=1S/C20H25N3O2/c1-22(14-16-6-2-3-7-16)20(25)21-18-11-9-17(10-12-18)15-23-13-5-4-8-19(23)24/h4-5,8-13,16H,2-3,6-7,14-15H2,1H3,(H,21,25). The van der Waals surface area contributed by atoms with E-state index in [4.69, 9.17) is 0 Å². The number of amides is 2. The van der Waals surface area contributed by atoms with Gasteiger partial charge in [-0.1, -0.05) is 31.0 Å². The van der Waals surface area contributed by atoms with Crippen molar-refractivity contribution in [3.05, 3.63) is 64.6 Å². The molecule has 0 spiro atoms. The van der Waals surface area contributed by atoms with Crippen LogP contribution in [0.3, 0.4) is 0 Å². The lowest BCUT2D eigenvalue weighted by atomic mass is 10.1. The van der Waals surface area contributed by atoms with E-state index >= 15 is 0 Å². The van der Waals surface area contributed by atoms with E-state index in [1.165, 1.54) is 25.7 Å². The highest BCUT2D eigenvalue weighted by Gasteiger charge is 2.19. The maximum atomic E-state index is 12.3. The highest BCUT2D eigenvalue weighted by Crippen LogP contribution is 2.25. The van der Waals surface area contributed by atoms with Crippen molar-refractivity contribution < 1.29 is 4.79 Å². The number of carbonyl (C=O) groups is 1. The molecular formula is C20H25N3O2. The first kappa shape index (κ1) is 17.3. The first-order chi connectivity index (χ1) is 12.1. The molecule has 1 aliphatic carbocycles. The van der Waals surface area contributed by atoms with E-state index in [9.17, 15) is 9.59 Å². The monoisotopic (exact) mass is 339 g/mol. The highest BCUT2D eigenvalue weighted by atomic mass is 16.2. The second-order valence-corrected chi connectivity index (χ2v) is 6.82. The lowest BCUT2D eigenvalue weighted by Crippen LogP contribution is -2.34. The van der Waals surface area contributed by atoms with Crippen molar-refractivity contribution >= 4 is 11.7 Å². The Morgan fingerprint density at radius 2 is 1.88 bits per heavy atom. The molecule has 1 fully saturated rings. The van der Waals surface area contributed by atoms with E-state index in [-0.39, 0.29) is 11.6 Å². The third-order valence-corrected chi connectivity index (χ3v) is 4.81. The summed E-state index contributed by atoms with van der Waals surface area (Å²) in [5.74, 6) is 0.641. The number of rotatable bonds is 5. The largest absolute Gasteiger partial charge is 0.327 e. The summed E-state index contributed by atoms with van der Waals surface area (Å²) in [6, 6.07) is 12.7. The van der Waals surface area contributed by atoms with Crippen LogP contribution in [0.15, 0.2) is 53.5 Å². The highest BCUT2D eigenvalue weighted by molar-refractivity contribution is 5.89. The van der Waals surface area contributed by atoms with E-state index in [0.717, 1.165) is 17.8 Å². The van der Waals surface area contributed by atoms with Crippen LogP contribution in [0.5, 0.6) is 0 Å². The Morgan fingerprint density at radius 3 is 2.56 bits per heavy atom. The van der Waals surface area contributed by atoms with Crippen molar-refractivity contribution in [3.8, 4) is 0 Å². The SMILES string of the molecule is CN(CC1CCCC1)C(=O)Nc1ccc(Cn2ccccc2=O)cc1. The smallest absolute Gasteiger partial charge is 0.321 e. The Bertz CT molecular complexity index is 761. The van der Waals surface area contributed by atoms with Gasteiger partial charge in [-0.2, -0.15) is 0 Å². The van der Waals surface area contributed by atoms with Crippen molar-refractivity contribution in [1.29, 1.82) is 0 Å². The fraction of sp³-hybridized carbons (Fsp3) is 0.400. The molecule has 1 aromatic carbocycles. The number of carbonyl (C=O) groups excluding carboxylic acids is 1. The predicted octanol–water partition coefficient (Wildman–Crippen LogP) is 3.55. The molecule has 1 aromatic heterocycles. The Morgan fingerprint density at radius 1 is 1.16 bits per heavy atom. The van der Waals surface area contributed by atoms with E-state index in [1.54, 1.807) is 27.8 Å². The minimum Gasteiger partial charge on any atom is -0.327 e. The van der Waals surface area contributed by atoms with Crippen LogP contribution in [0.1, 0.15) is 31.2 Å². The first-order valence-electron chi connectivity index (χ1n) is 8.88. The third-order valence-electron chi connectivity index (χ3n) is 4.81. The first-order valence-corrected chi connectivity index (χ1v) is 8.88. The minimum absolute atomic E-state index is 0.0200. The molecule has 0 bridgehead atoms. The van der Waals surface area contributed by atoms with Crippen LogP contribution in [-0.2, 0) is 6.54 Å². The molecule has 5 nitrogen and oxygen atoms in total. The Labute approximate surface area is 148 Å². The van der Waals surface area contributed by atoms with Crippen LogP contribution < -0.4 is 10.9 Å². The Balaban J connectivity index is 1.55. The second-order valence-electron chi connectivity index (χ2n) is 6.82. The fourth-order valence-corrected chi connectivity index (χ4v) is 3.36. The van der Waals surface area contributed by atoms with Crippen LogP contribution >= 0.6 is 0 Å². The van der Waals surface area contributed by atoms with Crippen molar-refractivity contribution in [1.82, 2.24) is 9.47 Å². The van der Waals surface area contributed by atoms with Crippen LogP contribution in [0, 0.1) is 5.92 Å². The van der Waals surface area contributed by atoms with Gasteiger partial charge in [0.25, 0.3) is 5.56 Å². The molecule has 25 heavy (non-hydrogen) atoms. The predicted molar refractivity (Wildman–Crippen MR) is 99.9 cm³/mol. The molecule has 3 rings (SSSR count). The zero-order valence-electron chi connectivity index (χ0n) is 14.6. The maximum absolute atomic E-state index is 12.3. The van der Waals surface area contributed by atoms with Gasteiger partial charge in [0, 0.05) is 31.5 Å². The lowest BCUT2D eigenvalue weighted by Gasteiger charge is -2.21. The number of pyridine rings is 1. The number of aromatic nitrogens is 1. The topological polar surface area (TPSA) is 54.3 Å². The molecule has 2 amide bonds. The van der Waals surface area contributed by atoms with Crippen LogP contribution in [0.25, 0.3) is 0 Å². The number of urea groups is 1. The summed E-state index contributed by atoms with van der Waals surface area (Å²) in [4.78, 5) is 25.8. The van der Waals surface area contributed by atoms with E-state index < -0.39 is 0 Å². The average Bonchev–Trinajstić information content (AvgIpc) is 3.11. The van der Waals surface area contributed by atoms with Crippen molar-refractivity contribution in [2.24, 2.45) is 5.92 Å². The van der Waals surface area contributed by atoms with Gasteiger partial charge >= 0.3 is 6.03 Å². The van der Waals surface area contributed by atoms with Crippen LogP contribution in [0.4, 0.5) is 10.5 Å². The quantitative estimate of drug-likeness (QED) is 0.906. The van der Waals surface area contributed by atoms with Gasteiger partial charge in [-0.3, -0.25) is 4.79 Å². The normalized spacial score (nSPS) is 14.4. The summed E-state index contributed by atoms with van der Waals surface area (Å²) in [7, 11) is 1.85. The van der Waals surface area contributed by atoms with Gasteiger partial charge in [0.05, 0.1) is 6.54 Å². The molecule has 0 atom stereocenters. The molecule has 0 radical (unpaired) electrons. The Kier molecular flexibility index (Phi) is 5.53. The maximum Gasteiger partial charge on any atom is 0.321 e. The Hall–Kier alpha value is -2.56. The second kappa shape index (κ2) is 8.01. The van der Waals surface area contributed by atoms with E-state index in [2.05, 4.69) is 5.32 Å². The van der Waals surface area contributed by atoms with Gasteiger partial charge in [-0.15, -0.1) is 0 Å². The van der Waals surface area contributed by atoms with E-state index in [1.807, 2.05) is 37.4 Å². The average molecular weight is 339 g/mol. The van der Waals surface area contributed by atoms with E-state index in [0.29, 0.717) is 12.5 Å². The van der Waals surface area contributed by atoms with Gasteiger partial charge in [-0.05, 0) is 42.5 Å². The molecule has 1 saturated carbocycles. The molecule has 2 aromatic rings. The summed E-state index contributed by atoms with van der Waals surface area (Å²) in [5.41, 5.74) is 1.77. The van der Waals surface area contributed by atoms with Crippen LogP contribution in [0.2, 0.25) is 0 Å². The number of hydrogen-bond acceptors (Lipinski definition) is 2. The van der Waals surface area contributed by atoms with Gasteiger partial charge < -0.3 is 14.8 Å². The van der Waals surface area contributed by atoms with Crippen molar-refractivity contribution in [2.45, 2.75) is 32.2 Å². The number of benzene rings is 1. The number of hydrogen-bond donors (Lipinski definition) is 1. The molecule has 0 unspecified atom stereocenters. The van der Waals surface area contributed by atoms with Gasteiger partial charge in [0.2, 0.25) is 0 Å². The number of anilines is 1. The molecule has 5 heteroatoms. The summed E-state index contributed by atoms with van der Waals surface area (Å²) in [5, 5.41) is 2.94. The fourth-order valence-electron chi connectivity index (χ4n) is 3.36. The molecule has 0 saturated heterocycles. The van der Waals surface area contributed by atoms with Gasteiger partial charge in [-0.25, -0.2) is 4.79 Å². The van der Waals surface area contributed by atoms with Gasteiger partial charge in [0.1, 0.15) is 0 Å². The number of nitrogens with zero attached hydrogens (tertiary/aromatic N) is 2. The van der Waals surface area contributed by atoms with Crippen LogP contribution in [-0.4, -0.2) is 29.1 Å². The van der Waals surface area contributed by atoms with Crippen molar-refractivity contribution in [2.75, 3.05) is 18.9 Å². The zero-order valence-corrected chi connectivity index (χ0v) is 14.6. The summed E-state index contributed by atoms with van der Waals surface area (Å²) >= 11 is 0. The summed E-state index contributed by atoms with van der Waals surface area (Å²) in [6.07, 6.45) is 6.80. The molecule has 1 N–H and O–H groups in total. The minimum atomic E-state index is -0.0704. The summed E-state index contributed by atoms with van der Waals surface area (Å²) < 4.78 is 1.66. The van der Waals surface area contributed by atoms with Gasteiger partial charge in [0.15, 0.2) is 0 Å². The number of nitrogens with one attached hydrogen (secondary N) is 1. The molecule has 0 aliphatic heterocycles. The summed E-state index contributed by atoms with van der Waals surface area (Å²) in [6.45, 7) is 1.34. The zero-order chi connectivity index (χ0) is 17.6. The molecule has 1 aliphatic rings. The molecule has 132 valence electrons. The lowest BCUT2D eigenvalue weighted by molar-refractivity contribution is 0.214.